The third-order valence-corrected chi connectivity index (χ3v) is 7.38. The summed E-state index contributed by atoms with van der Waals surface area (Å²) in [6.45, 7) is -0.115. The van der Waals surface area contributed by atoms with Gasteiger partial charge in [0.2, 0.25) is 0 Å². The fourth-order valence-corrected chi connectivity index (χ4v) is 5.49. The van der Waals surface area contributed by atoms with Crippen molar-refractivity contribution >= 4 is 72.3 Å². The molecular weight excluding hydrogens is 471 g/mol. The van der Waals surface area contributed by atoms with Crippen molar-refractivity contribution in [1.29, 1.82) is 0 Å². The summed E-state index contributed by atoms with van der Waals surface area (Å²) in [6.07, 6.45) is 0. The number of ether oxygens (including phenoxy) is 2. The molecule has 2 aromatic heterocycles. The lowest BCUT2D eigenvalue weighted by molar-refractivity contribution is 0.0480. The van der Waals surface area contributed by atoms with Crippen LogP contribution in [0.2, 0.25) is 10.0 Å². The molecule has 0 aliphatic carbocycles. The zero-order valence-electron chi connectivity index (χ0n) is 16.6. The molecule has 5 rings (SSSR count). The number of carbonyl (C=O) groups is 1. The molecule has 0 spiro atoms. The summed E-state index contributed by atoms with van der Waals surface area (Å²) in [5, 5.41) is 3.91. The maximum atomic E-state index is 12.9. The average molecular weight is 485 g/mol. The van der Waals surface area contributed by atoms with Gasteiger partial charge in [0.05, 0.1) is 16.8 Å². The van der Waals surface area contributed by atoms with E-state index in [1.54, 1.807) is 18.2 Å². The SMILES string of the molecule is COc1ccc2c(Cl)c(C(=O)OCc3cc(=O)oc4ccc5ccccc5c34)sc2c1Cl. The number of fused-ring (bicyclic) bond motifs is 4. The molecule has 0 bridgehead atoms. The highest BCUT2D eigenvalue weighted by Gasteiger charge is 2.22. The summed E-state index contributed by atoms with van der Waals surface area (Å²) in [7, 11) is 1.52. The fourth-order valence-electron chi connectivity index (χ4n) is 3.71. The Kier molecular flexibility index (Phi) is 5.29. The Morgan fingerprint density at radius 3 is 2.66 bits per heavy atom. The molecule has 2 heterocycles. The molecule has 0 unspecified atom stereocenters. The van der Waals surface area contributed by atoms with Crippen molar-refractivity contribution in [3.63, 3.8) is 0 Å². The van der Waals surface area contributed by atoms with Gasteiger partial charge in [0.25, 0.3) is 0 Å². The number of hydrogen-bond donors (Lipinski definition) is 0. The first kappa shape index (κ1) is 20.8. The van der Waals surface area contributed by atoms with Gasteiger partial charge in [-0.25, -0.2) is 9.59 Å². The molecule has 8 heteroatoms. The third-order valence-electron chi connectivity index (χ3n) is 5.18. The quantitative estimate of drug-likeness (QED) is 0.159. The lowest BCUT2D eigenvalue weighted by Crippen LogP contribution is -2.07. The first-order chi connectivity index (χ1) is 15.5. The van der Waals surface area contributed by atoms with Gasteiger partial charge in [0.15, 0.2) is 0 Å². The van der Waals surface area contributed by atoms with Gasteiger partial charge in [0.1, 0.15) is 27.8 Å². The minimum Gasteiger partial charge on any atom is -0.495 e. The number of halogens is 2. The number of hydrogen-bond acceptors (Lipinski definition) is 6. The van der Waals surface area contributed by atoms with Crippen LogP contribution in [0.5, 0.6) is 5.75 Å². The summed E-state index contributed by atoms with van der Waals surface area (Å²) in [6, 6.07) is 16.1. The molecule has 0 aliphatic heterocycles. The van der Waals surface area contributed by atoms with Crippen molar-refractivity contribution in [3.05, 3.63) is 85.5 Å². The van der Waals surface area contributed by atoms with Crippen LogP contribution in [0.4, 0.5) is 0 Å². The maximum absolute atomic E-state index is 12.9. The monoisotopic (exact) mass is 484 g/mol. The number of carbonyl (C=O) groups excluding carboxylic acids is 1. The first-order valence-electron chi connectivity index (χ1n) is 9.54. The van der Waals surface area contributed by atoms with Crippen molar-refractivity contribution in [2.75, 3.05) is 7.11 Å². The van der Waals surface area contributed by atoms with E-state index in [0.29, 0.717) is 32.0 Å². The van der Waals surface area contributed by atoms with Crippen LogP contribution in [0.1, 0.15) is 15.2 Å². The third kappa shape index (κ3) is 3.41. The van der Waals surface area contributed by atoms with Gasteiger partial charge in [-0.3, -0.25) is 0 Å². The second kappa shape index (κ2) is 8.13. The standard InChI is InChI=1S/C24H14Cl2O5S/c1-29-17-9-7-15-20(25)23(32-22(15)21(17)26)24(28)30-11-13-10-18(27)31-16-8-6-12-4-2-3-5-14(12)19(13)16/h2-10H,11H2,1H3. The summed E-state index contributed by atoms with van der Waals surface area (Å²) in [4.78, 5) is 25.2. The lowest BCUT2D eigenvalue weighted by Gasteiger charge is -2.09. The van der Waals surface area contributed by atoms with Crippen LogP contribution in [0, 0.1) is 0 Å². The Balaban J connectivity index is 1.53. The molecule has 32 heavy (non-hydrogen) atoms. The van der Waals surface area contributed by atoms with Gasteiger partial charge in [-0.05, 0) is 29.0 Å². The van der Waals surface area contributed by atoms with Crippen molar-refractivity contribution < 1.29 is 18.7 Å². The van der Waals surface area contributed by atoms with Crippen LogP contribution >= 0.6 is 34.5 Å². The summed E-state index contributed by atoms with van der Waals surface area (Å²) in [5.41, 5.74) is 0.469. The van der Waals surface area contributed by atoms with Crippen molar-refractivity contribution in [2.45, 2.75) is 6.61 Å². The van der Waals surface area contributed by atoms with Crippen LogP contribution < -0.4 is 10.4 Å². The molecule has 0 N–H and O–H groups in total. The normalized spacial score (nSPS) is 11.3. The van der Waals surface area contributed by atoms with Gasteiger partial charge in [0, 0.05) is 22.4 Å². The maximum Gasteiger partial charge on any atom is 0.350 e. The molecule has 0 saturated heterocycles. The summed E-state index contributed by atoms with van der Waals surface area (Å²) < 4.78 is 16.8. The van der Waals surface area contributed by atoms with Gasteiger partial charge >= 0.3 is 11.6 Å². The lowest BCUT2D eigenvalue weighted by atomic mass is 10.0. The van der Waals surface area contributed by atoms with Gasteiger partial charge in [-0.2, -0.15) is 0 Å². The Morgan fingerprint density at radius 2 is 1.84 bits per heavy atom. The van der Waals surface area contributed by atoms with Crippen LogP contribution in [-0.2, 0) is 11.3 Å². The predicted octanol–water partition coefficient (Wildman–Crippen LogP) is 6.83. The molecular formula is C24H14Cl2O5S. The van der Waals surface area contributed by atoms with Crippen LogP contribution in [0.3, 0.4) is 0 Å². The first-order valence-corrected chi connectivity index (χ1v) is 11.1. The highest BCUT2D eigenvalue weighted by molar-refractivity contribution is 7.22. The van der Waals surface area contributed by atoms with E-state index in [4.69, 9.17) is 37.1 Å². The fraction of sp³-hybridized carbons (Fsp3) is 0.0833. The van der Waals surface area contributed by atoms with Crippen LogP contribution in [0.15, 0.2) is 63.8 Å². The molecule has 160 valence electrons. The average Bonchev–Trinajstić information content (AvgIpc) is 3.14. The zero-order valence-corrected chi connectivity index (χ0v) is 18.9. The highest BCUT2D eigenvalue weighted by Crippen LogP contribution is 2.43. The largest absolute Gasteiger partial charge is 0.495 e. The summed E-state index contributed by atoms with van der Waals surface area (Å²) in [5.74, 6) is -0.112. The molecule has 0 saturated carbocycles. The van der Waals surface area contributed by atoms with Gasteiger partial charge in [-0.15, -0.1) is 11.3 Å². The van der Waals surface area contributed by atoms with E-state index in [2.05, 4.69) is 0 Å². The smallest absolute Gasteiger partial charge is 0.350 e. The van der Waals surface area contributed by atoms with Crippen LogP contribution in [0.25, 0.3) is 31.8 Å². The number of methoxy groups -OCH3 is 1. The Hall–Kier alpha value is -3.06. The predicted molar refractivity (Wildman–Crippen MR) is 128 cm³/mol. The van der Waals surface area contributed by atoms with Crippen molar-refractivity contribution in [1.82, 2.24) is 0 Å². The van der Waals surface area contributed by atoms with Gasteiger partial charge < -0.3 is 13.9 Å². The molecule has 0 atom stereocenters. The zero-order chi connectivity index (χ0) is 22.4. The molecule has 0 radical (unpaired) electrons. The summed E-state index contributed by atoms with van der Waals surface area (Å²) >= 11 is 14.0. The van der Waals surface area contributed by atoms with Crippen LogP contribution in [-0.4, -0.2) is 13.1 Å². The van der Waals surface area contributed by atoms with Crippen molar-refractivity contribution in [3.8, 4) is 5.75 Å². The molecule has 5 nitrogen and oxygen atoms in total. The number of benzene rings is 3. The number of esters is 1. The second-order valence-corrected chi connectivity index (χ2v) is 8.81. The number of rotatable bonds is 4. The van der Waals surface area contributed by atoms with E-state index in [1.807, 2.05) is 30.3 Å². The molecule has 0 amide bonds. The van der Waals surface area contributed by atoms with E-state index in [0.717, 1.165) is 27.5 Å². The molecule has 5 aromatic rings. The minimum absolute atomic E-state index is 0.115. The van der Waals surface area contributed by atoms with E-state index < -0.39 is 11.6 Å². The van der Waals surface area contributed by atoms with E-state index in [1.165, 1.54) is 13.2 Å². The van der Waals surface area contributed by atoms with E-state index >= 15 is 0 Å². The highest BCUT2D eigenvalue weighted by atomic mass is 35.5. The second-order valence-electron chi connectivity index (χ2n) is 7.03. The Labute approximate surface area is 195 Å². The topological polar surface area (TPSA) is 65.7 Å². The molecule has 0 aliphatic rings. The Morgan fingerprint density at radius 1 is 1.03 bits per heavy atom. The molecule has 0 fully saturated rings. The van der Waals surface area contributed by atoms with E-state index in [-0.39, 0.29) is 16.5 Å². The molecule has 3 aromatic carbocycles. The minimum atomic E-state index is -0.604. The Bertz CT molecular complexity index is 1590. The van der Waals surface area contributed by atoms with E-state index in [9.17, 15) is 9.59 Å². The van der Waals surface area contributed by atoms with Gasteiger partial charge in [-0.1, -0.05) is 53.5 Å². The van der Waals surface area contributed by atoms with Crippen molar-refractivity contribution in [2.24, 2.45) is 0 Å². The number of thiophene rings is 1.